The minimum absolute atomic E-state index is 0.0376. The first-order valence-electron chi connectivity index (χ1n) is 9.83. The van der Waals surface area contributed by atoms with E-state index in [-0.39, 0.29) is 6.42 Å². The predicted octanol–water partition coefficient (Wildman–Crippen LogP) is 2.86. The summed E-state index contributed by atoms with van der Waals surface area (Å²) in [6, 6.07) is 14.1. The first kappa shape index (κ1) is 21.0. The van der Waals surface area contributed by atoms with Crippen LogP contribution in [0.3, 0.4) is 0 Å². The van der Waals surface area contributed by atoms with Crippen LogP contribution >= 0.6 is 0 Å². The van der Waals surface area contributed by atoms with Gasteiger partial charge in [-0.3, -0.25) is 9.78 Å². The van der Waals surface area contributed by atoms with Gasteiger partial charge in [0.15, 0.2) is 0 Å². The van der Waals surface area contributed by atoms with Gasteiger partial charge in [0.1, 0.15) is 17.4 Å². The molecule has 162 valence electrons. The van der Waals surface area contributed by atoms with Crippen LogP contribution in [0.2, 0.25) is 0 Å². The van der Waals surface area contributed by atoms with Crippen LogP contribution in [0.1, 0.15) is 15.9 Å². The molecule has 2 aromatic carbocycles. The number of aromatic nitrogens is 1. The summed E-state index contributed by atoms with van der Waals surface area (Å²) >= 11 is 0. The van der Waals surface area contributed by atoms with E-state index in [4.69, 9.17) is 13.9 Å². The van der Waals surface area contributed by atoms with Crippen molar-refractivity contribution in [2.24, 2.45) is 0 Å². The fourth-order valence-corrected chi connectivity index (χ4v) is 3.59. The minimum Gasteiger partial charge on any atom is -0.497 e. The van der Waals surface area contributed by atoms with Crippen molar-refractivity contribution in [1.82, 2.24) is 10.3 Å². The number of hydrogen-bond donors (Lipinski definition) is 1. The molecular formula is C24H20N2O6. The molecule has 0 radical (unpaired) electrons. The van der Waals surface area contributed by atoms with Crippen LogP contribution < -0.4 is 15.7 Å². The summed E-state index contributed by atoms with van der Waals surface area (Å²) in [4.78, 5) is 41.9. The maximum atomic E-state index is 13.1. The van der Waals surface area contributed by atoms with Crippen molar-refractivity contribution in [1.29, 1.82) is 0 Å². The molecule has 4 aromatic rings. The molecule has 1 N–H and O–H groups in total. The highest BCUT2D eigenvalue weighted by Gasteiger charge is 2.25. The van der Waals surface area contributed by atoms with Gasteiger partial charge in [0.2, 0.25) is 0 Å². The monoisotopic (exact) mass is 432 g/mol. The van der Waals surface area contributed by atoms with E-state index in [1.54, 1.807) is 36.4 Å². The van der Waals surface area contributed by atoms with E-state index >= 15 is 0 Å². The molecular weight excluding hydrogens is 412 g/mol. The smallest absolute Gasteiger partial charge is 0.336 e. The lowest BCUT2D eigenvalue weighted by Crippen LogP contribution is -2.43. The molecule has 0 unspecified atom stereocenters. The van der Waals surface area contributed by atoms with E-state index in [2.05, 4.69) is 10.3 Å². The Morgan fingerprint density at radius 2 is 1.88 bits per heavy atom. The molecule has 4 rings (SSSR count). The van der Waals surface area contributed by atoms with Crippen molar-refractivity contribution in [2.75, 3.05) is 14.2 Å². The van der Waals surface area contributed by atoms with Crippen LogP contribution in [0.25, 0.3) is 21.9 Å². The van der Waals surface area contributed by atoms with Gasteiger partial charge in [0.25, 0.3) is 5.91 Å². The predicted molar refractivity (Wildman–Crippen MR) is 118 cm³/mol. The van der Waals surface area contributed by atoms with Crippen molar-refractivity contribution >= 4 is 33.7 Å². The summed E-state index contributed by atoms with van der Waals surface area (Å²) in [5.41, 5.74) is 1.33. The number of rotatable bonds is 6. The molecule has 0 saturated heterocycles. The summed E-state index contributed by atoms with van der Waals surface area (Å²) in [7, 11) is 2.75. The van der Waals surface area contributed by atoms with E-state index in [1.165, 1.54) is 26.5 Å². The van der Waals surface area contributed by atoms with E-state index in [0.29, 0.717) is 38.7 Å². The van der Waals surface area contributed by atoms with Gasteiger partial charge in [-0.1, -0.05) is 18.2 Å². The lowest BCUT2D eigenvalue weighted by Gasteiger charge is -2.18. The van der Waals surface area contributed by atoms with Gasteiger partial charge in [-0.15, -0.1) is 0 Å². The van der Waals surface area contributed by atoms with E-state index in [0.717, 1.165) is 0 Å². The zero-order valence-electron chi connectivity index (χ0n) is 17.5. The molecule has 0 fully saturated rings. The number of ether oxygens (including phenoxy) is 2. The highest BCUT2D eigenvalue weighted by molar-refractivity contribution is 6.07. The Bertz CT molecular complexity index is 1370. The van der Waals surface area contributed by atoms with Gasteiger partial charge in [-0.25, -0.2) is 9.59 Å². The molecule has 0 spiro atoms. The van der Waals surface area contributed by atoms with Crippen LogP contribution in [-0.4, -0.2) is 37.1 Å². The topological polar surface area (TPSA) is 108 Å². The lowest BCUT2D eigenvalue weighted by atomic mass is 10.0. The second-order valence-electron chi connectivity index (χ2n) is 7.08. The average molecular weight is 432 g/mol. The van der Waals surface area contributed by atoms with Crippen molar-refractivity contribution in [3.8, 4) is 5.75 Å². The molecule has 8 nitrogen and oxygen atoms in total. The third-order valence-electron chi connectivity index (χ3n) is 5.15. The highest BCUT2D eigenvalue weighted by Crippen LogP contribution is 2.24. The number of nitrogens with zero attached hydrogens (tertiary/aromatic N) is 1. The first-order valence-corrected chi connectivity index (χ1v) is 9.83. The molecule has 0 saturated carbocycles. The Balaban J connectivity index is 1.69. The number of hydrogen-bond acceptors (Lipinski definition) is 7. The third kappa shape index (κ3) is 4.15. The number of benzene rings is 2. The third-order valence-corrected chi connectivity index (χ3v) is 5.15. The van der Waals surface area contributed by atoms with Crippen molar-refractivity contribution in [2.45, 2.75) is 12.5 Å². The van der Waals surface area contributed by atoms with Crippen LogP contribution in [0.15, 0.2) is 70.0 Å². The van der Waals surface area contributed by atoms with Gasteiger partial charge in [0, 0.05) is 35.5 Å². The molecule has 32 heavy (non-hydrogen) atoms. The number of nitrogens with one attached hydrogen (secondary N) is 1. The molecule has 8 heteroatoms. The van der Waals surface area contributed by atoms with Gasteiger partial charge in [0.05, 0.1) is 25.3 Å². The number of methoxy groups -OCH3 is 2. The summed E-state index contributed by atoms with van der Waals surface area (Å²) in [6.07, 6.45) is 1.57. The largest absolute Gasteiger partial charge is 0.497 e. The second kappa shape index (κ2) is 8.89. The van der Waals surface area contributed by atoms with Crippen LogP contribution in [0, 0.1) is 0 Å². The number of para-hydroxylation sites is 1. The number of fused-ring (bicyclic) bond motifs is 2. The SMILES string of the molecule is COC(=O)[C@H](Cc1cc(=O)oc2cc(OC)ccc12)NC(=O)c1ccnc2ccccc12. The molecule has 1 amide bonds. The number of pyridine rings is 1. The van der Waals surface area contributed by atoms with E-state index in [1.807, 2.05) is 12.1 Å². The maximum absolute atomic E-state index is 13.1. The maximum Gasteiger partial charge on any atom is 0.336 e. The molecule has 0 aliphatic carbocycles. The fourth-order valence-electron chi connectivity index (χ4n) is 3.59. The van der Waals surface area contributed by atoms with Crippen LogP contribution in [0.5, 0.6) is 5.75 Å². The number of carbonyl (C=O) groups is 2. The molecule has 0 aliphatic heterocycles. The Kier molecular flexibility index (Phi) is 5.85. The van der Waals surface area contributed by atoms with Gasteiger partial charge >= 0.3 is 11.6 Å². The molecule has 2 aromatic heterocycles. The normalized spacial score (nSPS) is 11.8. The Morgan fingerprint density at radius 3 is 2.66 bits per heavy atom. The summed E-state index contributed by atoms with van der Waals surface area (Å²) < 4.78 is 15.3. The van der Waals surface area contributed by atoms with Crippen molar-refractivity contribution < 1.29 is 23.5 Å². The van der Waals surface area contributed by atoms with Crippen molar-refractivity contribution in [3.05, 3.63) is 82.3 Å². The van der Waals surface area contributed by atoms with Gasteiger partial charge < -0.3 is 19.2 Å². The standard InChI is InChI=1S/C24H20N2O6/c1-30-15-7-8-16-14(12-22(27)32-21(16)13-15)11-20(24(29)31-2)26-23(28)18-9-10-25-19-6-4-3-5-17(18)19/h3-10,12-13,20H,11H2,1-2H3,(H,26,28)/t20-/m0/s1. The minimum atomic E-state index is -1.02. The lowest BCUT2D eigenvalue weighted by molar-refractivity contribution is -0.142. The number of amides is 1. The zero-order valence-corrected chi connectivity index (χ0v) is 17.5. The van der Waals surface area contributed by atoms with Crippen LogP contribution in [0.4, 0.5) is 0 Å². The number of esters is 1. The Hall–Kier alpha value is -4.20. The van der Waals surface area contributed by atoms with E-state index < -0.39 is 23.5 Å². The molecule has 1 atom stereocenters. The highest BCUT2D eigenvalue weighted by atomic mass is 16.5. The Labute approximate surface area is 182 Å². The zero-order chi connectivity index (χ0) is 22.7. The van der Waals surface area contributed by atoms with Gasteiger partial charge in [-0.05, 0) is 29.8 Å². The fraction of sp³-hybridized carbons (Fsp3) is 0.167. The molecule has 2 heterocycles. The quantitative estimate of drug-likeness (QED) is 0.369. The second-order valence-corrected chi connectivity index (χ2v) is 7.08. The van der Waals surface area contributed by atoms with Crippen LogP contribution in [-0.2, 0) is 16.0 Å². The van der Waals surface area contributed by atoms with Gasteiger partial charge in [-0.2, -0.15) is 0 Å². The Morgan fingerprint density at radius 1 is 1.06 bits per heavy atom. The molecule has 0 aliphatic rings. The summed E-state index contributed by atoms with van der Waals surface area (Å²) in [5.74, 6) is -0.556. The summed E-state index contributed by atoms with van der Waals surface area (Å²) in [5, 5.41) is 4.02. The average Bonchev–Trinajstić information content (AvgIpc) is 2.82. The molecule has 0 bridgehead atoms. The first-order chi connectivity index (χ1) is 15.5. The summed E-state index contributed by atoms with van der Waals surface area (Å²) in [6.45, 7) is 0. The van der Waals surface area contributed by atoms with Crippen molar-refractivity contribution in [3.63, 3.8) is 0 Å². The number of carbonyl (C=O) groups excluding carboxylic acids is 2. The van der Waals surface area contributed by atoms with E-state index in [9.17, 15) is 14.4 Å².